The highest BCUT2D eigenvalue weighted by Crippen LogP contribution is 2.11. The van der Waals surface area contributed by atoms with Crippen molar-refractivity contribution in [2.45, 2.75) is 20.0 Å². The van der Waals surface area contributed by atoms with Crippen molar-refractivity contribution in [3.8, 4) is 5.75 Å². The lowest BCUT2D eigenvalue weighted by Crippen LogP contribution is -2.25. The summed E-state index contributed by atoms with van der Waals surface area (Å²) in [6.07, 6.45) is 1.02. The summed E-state index contributed by atoms with van der Waals surface area (Å²) in [6, 6.07) is 10.7. The molecule has 0 aliphatic carbocycles. The molecule has 2 N–H and O–H groups in total. The molecule has 7 heteroatoms. The molecule has 1 aromatic heterocycles. The van der Waals surface area contributed by atoms with E-state index in [-0.39, 0.29) is 12.5 Å². The van der Waals surface area contributed by atoms with Gasteiger partial charge in [0.1, 0.15) is 5.75 Å². The zero-order chi connectivity index (χ0) is 18.1. The van der Waals surface area contributed by atoms with Gasteiger partial charge in [-0.1, -0.05) is 12.1 Å². The molecule has 0 unspecified atom stereocenters. The van der Waals surface area contributed by atoms with E-state index in [0.29, 0.717) is 24.4 Å². The number of hydrogen-bond donors (Lipinski definition) is 2. The normalized spacial score (nSPS) is 10.0. The minimum absolute atomic E-state index is 0.193. The Bertz CT molecular complexity index is 717. The fourth-order valence-electron chi connectivity index (χ4n) is 2.09. The largest absolute Gasteiger partial charge is 0.497 e. The van der Waals surface area contributed by atoms with Crippen molar-refractivity contribution in [2.24, 2.45) is 0 Å². The van der Waals surface area contributed by atoms with Crippen LogP contribution in [0.4, 0.5) is 4.79 Å². The summed E-state index contributed by atoms with van der Waals surface area (Å²) >= 11 is 0. The van der Waals surface area contributed by atoms with Crippen molar-refractivity contribution in [3.63, 3.8) is 0 Å². The first-order chi connectivity index (χ1) is 12.1. The topological polar surface area (TPSA) is 89.5 Å². The number of benzene rings is 1. The van der Waals surface area contributed by atoms with Crippen LogP contribution in [-0.2, 0) is 17.8 Å². The van der Waals surface area contributed by atoms with Gasteiger partial charge in [-0.15, -0.1) is 0 Å². The number of aromatic nitrogens is 1. The Kier molecular flexibility index (Phi) is 6.76. The number of pyridine rings is 1. The van der Waals surface area contributed by atoms with E-state index in [2.05, 4.69) is 15.6 Å². The van der Waals surface area contributed by atoms with Crippen LogP contribution in [0.5, 0.6) is 5.75 Å². The van der Waals surface area contributed by atoms with E-state index in [0.717, 1.165) is 11.3 Å². The number of carbonyl (C=O) groups excluding carboxylic acids is 2. The van der Waals surface area contributed by atoms with Gasteiger partial charge >= 0.3 is 6.09 Å². The first-order valence-electron chi connectivity index (χ1n) is 7.89. The number of rotatable bonds is 7. The average Bonchev–Trinajstić information content (AvgIpc) is 2.65. The maximum Gasteiger partial charge on any atom is 0.407 e. The van der Waals surface area contributed by atoms with Crippen molar-refractivity contribution in [2.75, 3.05) is 13.7 Å². The van der Waals surface area contributed by atoms with E-state index in [9.17, 15) is 9.59 Å². The van der Waals surface area contributed by atoms with Crippen molar-refractivity contribution in [1.82, 2.24) is 15.6 Å². The Morgan fingerprint density at radius 2 is 1.84 bits per heavy atom. The van der Waals surface area contributed by atoms with Crippen LogP contribution >= 0.6 is 0 Å². The SMILES string of the molecule is CCOC(=O)NCc1cc(C(=O)NCc2ccc(OC)cc2)ccn1. The van der Waals surface area contributed by atoms with Crippen LogP contribution in [0, 0.1) is 0 Å². The maximum absolute atomic E-state index is 12.3. The molecule has 0 saturated heterocycles. The van der Waals surface area contributed by atoms with Crippen molar-refractivity contribution in [3.05, 3.63) is 59.4 Å². The van der Waals surface area contributed by atoms with Crippen molar-refractivity contribution in [1.29, 1.82) is 0 Å². The van der Waals surface area contributed by atoms with Crippen LogP contribution in [-0.4, -0.2) is 30.7 Å². The molecule has 0 radical (unpaired) electrons. The van der Waals surface area contributed by atoms with E-state index in [4.69, 9.17) is 9.47 Å². The van der Waals surface area contributed by atoms with Crippen LogP contribution in [0.1, 0.15) is 28.5 Å². The van der Waals surface area contributed by atoms with Crippen molar-refractivity contribution >= 4 is 12.0 Å². The molecule has 2 amide bonds. The van der Waals surface area contributed by atoms with Gasteiger partial charge in [0, 0.05) is 18.3 Å². The van der Waals surface area contributed by atoms with Gasteiger partial charge in [0.05, 0.1) is 26.0 Å². The summed E-state index contributed by atoms with van der Waals surface area (Å²) in [5.74, 6) is 0.554. The van der Waals surface area contributed by atoms with Crippen LogP contribution in [0.3, 0.4) is 0 Å². The highest BCUT2D eigenvalue weighted by molar-refractivity contribution is 5.94. The first kappa shape index (κ1) is 18.3. The maximum atomic E-state index is 12.3. The summed E-state index contributed by atoms with van der Waals surface area (Å²) in [6.45, 7) is 2.62. The predicted molar refractivity (Wildman–Crippen MR) is 92.3 cm³/mol. The van der Waals surface area contributed by atoms with Gasteiger partial charge in [0.2, 0.25) is 0 Å². The number of ether oxygens (including phenoxy) is 2. The van der Waals surface area contributed by atoms with Crippen LogP contribution in [0.25, 0.3) is 0 Å². The van der Waals surface area contributed by atoms with Gasteiger partial charge in [-0.05, 0) is 36.8 Å². The first-order valence-corrected chi connectivity index (χ1v) is 7.89. The lowest BCUT2D eigenvalue weighted by atomic mass is 10.2. The number of amides is 2. The molecule has 0 bridgehead atoms. The van der Waals surface area contributed by atoms with Gasteiger partial charge in [0.25, 0.3) is 5.91 Å². The molecule has 0 atom stereocenters. The van der Waals surface area contributed by atoms with Crippen LogP contribution in [0.15, 0.2) is 42.6 Å². The predicted octanol–water partition coefficient (Wildman–Crippen LogP) is 2.27. The fraction of sp³-hybridized carbons (Fsp3) is 0.278. The third-order valence-corrected chi connectivity index (χ3v) is 3.38. The minimum atomic E-state index is -0.515. The molecule has 0 fully saturated rings. The Morgan fingerprint density at radius 1 is 1.08 bits per heavy atom. The van der Waals surface area contributed by atoms with Crippen molar-refractivity contribution < 1.29 is 19.1 Å². The quantitative estimate of drug-likeness (QED) is 0.805. The van der Waals surface area contributed by atoms with E-state index < -0.39 is 6.09 Å². The molecule has 25 heavy (non-hydrogen) atoms. The number of carbonyl (C=O) groups is 2. The number of nitrogens with one attached hydrogen (secondary N) is 2. The standard InChI is InChI=1S/C18H21N3O4/c1-3-25-18(23)21-12-15-10-14(8-9-19-15)17(22)20-11-13-4-6-16(24-2)7-5-13/h4-10H,3,11-12H2,1-2H3,(H,20,22)(H,21,23). The van der Waals surface area contributed by atoms with Gasteiger partial charge < -0.3 is 20.1 Å². The second-order valence-corrected chi connectivity index (χ2v) is 5.14. The van der Waals surface area contributed by atoms with E-state index >= 15 is 0 Å². The summed E-state index contributed by atoms with van der Waals surface area (Å²) in [7, 11) is 1.61. The monoisotopic (exact) mass is 343 g/mol. The molecule has 0 saturated carbocycles. The molecule has 1 heterocycles. The van der Waals surface area contributed by atoms with Gasteiger partial charge in [0.15, 0.2) is 0 Å². The second-order valence-electron chi connectivity index (χ2n) is 5.14. The van der Waals surface area contributed by atoms with Crippen LogP contribution < -0.4 is 15.4 Å². The number of nitrogens with zero attached hydrogens (tertiary/aromatic N) is 1. The lowest BCUT2D eigenvalue weighted by molar-refractivity contribution is 0.0950. The molecule has 0 spiro atoms. The highest BCUT2D eigenvalue weighted by atomic mass is 16.5. The lowest BCUT2D eigenvalue weighted by Gasteiger charge is -2.08. The summed E-state index contributed by atoms with van der Waals surface area (Å²) in [5, 5.41) is 5.41. The molecule has 0 aliphatic heterocycles. The van der Waals surface area contributed by atoms with Crippen LogP contribution in [0.2, 0.25) is 0 Å². The Hall–Kier alpha value is -3.09. The molecule has 1 aromatic carbocycles. The Balaban J connectivity index is 1.90. The molecule has 2 aromatic rings. The Labute approximate surface area is 146 Å². The summed E-state index contributed by atoms with van der Waals surface area (Å²) < 4.78 is 9.88. The second kappa shape index (κ2) is 9.27. The minimum Gasteiger partial charge on any atom is -0.497 e. The molecular formula is C18H21N3O4. The van der Waals surface area contributed by atoms with Gasteiger partial charge in [-0.3, -0.25) is 9.78 Å². The highest BCUT2D eigenvalue weighted by Gasteiger charge is 2.08. The smallest absolute Gasteiger partial charge is 0.407 e. The third kappa shape index (κ3) is 5.80. The molecular weight excluding hydrogens is 322 g/mol. The molecule has 2 rings (SSSR count). The average molecular weight is 343 g/mol. The van der Waals surface area contributed by atoms with E-state index in [1.54, 1.807) is 26.2 Å². The molecule has 0 aliphatic rings. The van der Waals surface area contributed by atoms with Gasteiger partial charge in [-0.25, -0.2) is 4.79 Å². The van der Waals surface area contributed by atoms with Gasteiger partial charge in [-0.2, -0.15) is 0 Å². The molecule has 132 valence electrons. The number of hydrogen-bond acceptors (Lipinski definition) is 5. The number of methoxy groups -OCH3 is 1. The Morgan fingerprint density at radius 3 is 2.52 bits per heavy atom. The summed E-state index contributed by atoms with van der Waals surface area (Å²) in [4.78, 5) is 27.7. The van der Waals surface area contributed by atoms with E-state index in [1.165, 1.54) is 6.20 Å². The zero-order valence-electron chi connectivity index (χ0n) is 14.2. The third-order valence-electron chi connectivity index (χ3n) is 3.38. The number of alkyl carbamates (subject to hydrolysis) is 1. The summed E-state index contributed by atoms with van der Waals surface area (Å²) in [5.41, 5.74) is 2.02. The van der Waals surface area contributed by atoms with E-state index in [1.807, 2.05) is 24.3 Å². The fourth-order valence-corrected chi connectivity index (χ4v) is 2.09. The zero-order valence-corrected chi connectivity index (χ0v) is 14.2. The molecule has 7 nitrogen and oxygen atoms in total.